The van der Waals surface area contributed by atoms with E-state index in [1.165, 1.54) is 19.3 Å². The van der Waals surface area contributed by atoms with Gasteiger partial charge < -0.3 is 14.9 Å². The number of anilines is 1. The van der Waals surface area contributed by atoms with Crippen molar-refractivity contribution in [2.75, 3.05) is 32.6 Å². The van der Waals surface area contributed by atoms with Crippen LogP contribution in [0.2, 0.25) is 0 Å². The number of carboxylic acids is 1. The van der Waals surface area contributed by atoms with Gasteiger partial charge in [0.15, 0.2) is 0 Å². The zero-order valence-corrected chi connectivity index (χ0v) is 11.9. The van der Waals surface area contributed by atoms with Crippen LogP contribution in [0.15, 0.2) is 24.3 Å². The SMILES string of the molecule is CN(CC1(N(C)C)CCC1)c1ccc(C(=O)O)cc1. The van der Waals surface area contributed by atoms with Gasteiger partial charge in [-0.25, -0.2) is 4.79 Å². The Morgan fingerprint density at radius 1 is 1.21 bits per heavy atom. The molecule has 0 bridgehead atoms. The fourth-order valence-electron chi connectivity index (χ4n) is 2.72. The third-order valence-electron chi connectivity index (χ3n) is 4.32. The molecular weight excluding hydrogens is 240 g/mol. The summed E-state index contributed by atoms with van der Waals surface area (Å²) in [7, 11) is 6.35. The molecule has 0 amide bonds. The van der Waals surface area contributed by atoms with Gasteiger partial charge in [0.25, 0.3) is 0 Å². The Kier molecular flexibility index (Phi) is 3.80. The summed E-state index contributed by atoms with van der Waals surface area (Å²) in [6, 6.07) is 7.09. The number of likely N-dealkylation sites (N-methyl/N-ethyl adjacent to an activating group) is 2. The second-order valence-electron chi connectivity index (χ2n) is 5.68. The molecule has 0 radical (unpaired) electrons. The molecule has 1 aliphatic rings. The molecule has 19 heavy (non-hydrogen) atoms. The lowest BCUT2D eigenvalue weighted by atomic mass is 9.75. The minimum absolute atomic E-state index is 0.278. The number of carboxylic acid groups (broad SMARTS) is 1. The van der Waals surface area contributed by atoms with Crippen LogP contribution in [-0.4, -0.2) is 49.2 Å². The summed E-state index contributed by atoms with van der Waals surface area (Å²) >= 11 is 0. The summed E-state index contributed by atoms with van der Waals surface area (Å²) in [5, 5.41) is 8.90. The third-order valence-corrected chi connectivity index (χ3v) is 4.32. The molecule has 1 aromatic carbocycles. The summed E-state index contributed by atoms with van der Waals surface area (Å²) in [4.78, 5) is 15.4. The van der Waals surface area contributed by atoms with E-state index in [2.05, 4.69) is 30.9 Å². The van der Waals surface area contributed by atoms with Crippen LogP contribution >= 0.6 is 0 Å². The highest BCUT2D eigenvalue weighted by Gasteiger charge is 2.39. The van der Waals surface area contributed by atoms with E-state index in [0.29, 0.717) is 5.56 Å². The fourth-order valence-corrected chi connectivity index (χ4v) is 2.72. The van der Waals surface area contributed by atoms with E-state index in [4.69, 9.17) is 5.11 Å². The number of carbonyl (C=O) groups is 1. The molecular formula is C15H22N2O2. The lowest BCUT2D eigenvalue weighted by Crippen LogP contribution is -2.56. The van der Waals surface area contributed by atoms with Crippen LogP contribution in [0.5, 0.6) is 0 Å². The van der Waals surface area contributed by atoms with Crippen LogP contribution in [0.3, 0.4) is 0 Å². The molecule has 2 rings (SSSR count). The predicted octanol–water partition coefficient (Wildman–Crippen LogP) is 2.31. The first-order valence-corrected chi connectivity index (χ1v) is 6.66. The van der Waals surface area contributed by atoms with Crippen molar-refractivity contribution in [2.45, 2.75) is 24.8 Å². The molecule has 0 aliphatic heterocycles. The van der Waals surface area contributed by atoms with Crippen molar-refractivity contribution < 1.29 is 9.90 Å². The molecule has 0 heterocycles. The molecule has 0 unspecified atom stereocenters. The molecule has 0 atom stereocenters. The van der Waals surface area contributed by atoms with Crippen LogP contribution in [0.1, 0.15) is 29.6 Å². The van der Waals surface area contributed by atoms with Gasteiger partial charge in [-0.3, -0.25) is 0 Å². The minimum Gasteiger partial charge on any atom is -0.478 e. The van der Waals surface area contributed by atoms with Gasteiger partial charge in [0.05, 0.1) is 5.56 Å². The zero-order chi connectivity index (χ0) is 14.0. The summed E-state index contributed by atoms with van der Waals surface area (Å²) in [6.07, 6.45) is 3.76. The molecule has 1 aromatic rings. The Morgan fingerprint density at radius 3 is 2.16 bits per heavy atom. The maximum atomic E-state index is 10.8. The quantitative estimate of drug-likeness (QED) is 0.884. The van der Waals surface area contributed by atoms with Gasteiger partial charge in [-0.15, -0.1) is 0 Å². The minimum atomic E-state index is -0.877. The molecule has 0 saturated heterocycles. The Morgan fingerprint density at radius 2 is 1.79 bits per heavy atom. The summed E-state index contributed by atoms with van der Waals surface area (Å²) < 4.78 is 0. The van der Waals surface area contributed by atoms with Crippen LogP contribution in [-0.2, 0) is 0 Å². The van der Waals surface area contributed by atoms with Gasteiger partial charge in [-0.2, -0.15) is 0 Å². The van der Waals surface area contributed by atoms with E-state index in [0.717, 1.165) is 12.2 Å². The topological polar surface area (TPSA) is 43.8 Å². The van der Waals surface area contributed by atoms with Crippen molar-refractivity contribution >= 4 is 11.7 Å². The van der Waals surface area contributed by atoms with Gasteiger partial charge >= 0.3 is 5.97 Å². The number of aromatic carboxylic acids is 1. The first-order chi connectivity index (χ1) is 8.94. The highest BCUT2D eigenvalue weighted by molar-refractivity contribution is 5.88. The molecule has 1 N–H and O–H groups in total. The second-order valence-corrected chi connectivity index (χ2v) is 5.68. The van der Waals surface area contributed by atoms with E-state index in [1.807, 2.05) is 12.1 Å². The Bertz CT molecular complexity index is 450. The molecule has 4 heteroatoms. The smallest absolute Gasteiger partial charge is 0.335 e. The molecule has 0 spiro atoms. The van der Waals surface area contributed by atoms with Gasteiger partial charge in [0.2, 0.25) is 0 Å². The monoisotopic (exact) mass is 262 g/mol. The van der Waals surface area contributed by atoms with Crippen molar-refractivity contribution in [1.29, 1.82) is 0 Å². The van der Waals surface area contributed by atoms with Crippen LogP contribution in [0.4, 0.5) is 5.69 Å². The number of hydrogen-bond donors (Lipinski definition) is 1. The zero-order valence-electron chi connectivity index (χ0n) is 11.9. The van der Waals surface area contributed by atoms with Crippen molar-refractivity contribution in [3.63, 3.8) is 0 Å². The standard InChI is InChI=1S/C15H22N2O2/c1-16(2)15(9-4-10-15)11-17(3)13-7-5-12(6-8-13)14(18)19/h5-8H,4,9-11H2,1-3H3,(H,18,19). The number of rotatable bonds is 5. The summed E-state index contributed by atoms with van der Waals surface area (Å²) in [6.45, 7) is 0.979. The summed E-state index contributed by atoms with van der Waals surface area (Å²) in [5.74, 6) is -0.877. The molecule has 104 valence electrons. The molecule has 1 aliphatic carbocycles. The summed E-state index contributed by atoms with van der Waals surface area (Å²) in [5.41, 5.74) is 1.68. The van der Waals surface area contributed by atoms with Crippen LogP contribution in [0, 0.1) is 0 Å². The largest absolute Gasteiger partial charge is 0.478 e. The Balaban J connectivity index is 2.07. The van der Waals surface area contributed by atoms with Crippen LogP contribution in [0.25, 0.3) is 0 Å². The van der Waals surface area contributed by atoms with E-state index in [-0.39, 0.29) is 5.54 Å². The third kappa shape index (κ3) is 2.73. The first-order valence-electron chi connectivity index (χ1n) is 6.66. The Hall–Kier alpha value is -1.55. The number of nitrogens with zero attached hydrogens (tertiary/aromatic N) is 2. The highest BCUT2D eigenvalue weighted by Crippen LogP contribution is 2.37. The maximum Gasteiger partial charge on any atom is 0.335 e. The molecule has 1 fully saturated rings. The van der Waals surface area contributed by atoms with Gasteiger partial charge in [-0.05, 0) is 57.6 Å². The predicted molar refractivity (Wildman–Crippen MR) is 76.9 cm³/mol. The number of benzene rings is 1. The first kappa shape index (κ1) is 13.9. The second kappa shape index (κ2) is 5.21. The fraction of sp³-hybridized carbons (Fsp3) is 0.533. The Labute approximate surface area is 114 Å². The van der Waals surface area contributed by atoms with Crippen molar-refractivity contribution in [2.24, 2.45) is 0 Å². The average molecular weight is 262 g/mol. The van der Waals surface area contributed by atoms with E-state index in [1.54, 1.807) is 12.1 Å². The van der Waals surface area contributed by atoms with Crippen molar-refractivity contribution in [1.82, 2.24) is 4.90 Å². The lowest BCUT2D eigenvalue weighted by Gasteiger charge is -2.49. The van der Waals surface area contributed by atoms with Gasteiger partial charge in [0, 0.05) is 24.8 Å². The normalized spacial score (nSPS) is 17.1. The lowest BCUT2D eigenvalue weighted by molar-refractivity contribution is 0.0682. The number of hydrogen-bond acceptors (Lipinski definition) is 3. The van der Waals surface area contributed by atoms with Crippen molar-refractivity contribution in [3.8, 4) is 0 Å². The van der Waals surface area contributed by atoms with Gasteiger partial charge in [-0.1, -0.05) is 0 Å². The molecule has 0 aromatic heterocycles. The highest BCUT2D eigenvalue weighted by atomic mass is 16.4. The molecule has 1 saturated carbocycles. The molecule has 4 nitrogen and oxygen atoms in total. The van der Waals surface area contributed by atoms with Crippen LogP contribution < -0.4 is 4.90 Å². The van der Waals surface area contributed by atoms with E-state index >= 15 is 0 Å². The van der Waals surface area contributed by atoms with Crippen molar-refractivity contribution in [3.05, 3.63) is 29.8 Å². The van der Waals surface area contributed by atoms with Gasteiger partial charge in [0.1, 0.15) is 0 Å². The van der Waals surface area contributed by atoms with E-state index in [9.17, 15) is 4.79 Å². The average Bonchev–Trinajstić information content (AvgIpc) is 2.33. The maximum absolute atomic E-state index is 10.8. The van der Waals surface area contributed by atoms with E-state index < -0.39 is 5.97 Å².